The summed E-state index contributed by atoms with van der Waals surface area (Å²) in [5, 5.41) is 17.8. The molecule has 0 bridgehead atoms. The Hall–Kier alpha value is 0.473. The average Bonchev–Trinajstić information content (AvgIpc) is 2.05. The van der Waals surface area contributed by atoms with E-state index in [1.165, 1.54) is 0 Å². The first-order chi connectivity index (χ1) is 5.52. The molecule has 0 amide bonds. The van der Waals surface area contributed by atoms with Crippen molar-refractivity contribution in [2.45, 2.75) is 12.2 Å². The van der Waals surface area contributed by atoms with E-state index in [0.717, 1.165) is 0 Å². The van der Waals surface area contributed by atoms with Gasteiger partial charge in [0.25, 0.3) is 0 Å². The molecule has 1 fully saturated rings. The first-order valence-corrected chi connectivity index (χ1v) is 15.4. The minimum absolute atomic E-state index is 0.986. The van der Waals surface area contributed by atoms with Gasteiger partial charge in [-0.2, -0.15) is 0 Å². The second-order valence-electron chi connectivity index (χ2n) is 1.92. The number of aliphatic hydroxyl groups is 2. The Balaban J connectivity index is 2.80. The number of rotatable bonds is 0. The molecule has 2 atom stereocenters. The van der Waals surface area contributed by atoms with Crippen LogP contribution in [0.3, 0.4) is 0 Å². The van der Waals surface area contributed by atoms with Gasteiger partial charge in [0.05, 0.1) is 0 Å². The first kappa shape index (κ1) is 10.6. The van der Waals surface area contributed by atoms with E-state index >= 15 is 0 Å². The fraction of sp³-hybridized carbons (Fsp3) is 0.500. The molecule has 6 nitrogen and oxygen atoms in total. The van der Waals surface area contributed by atoms with E-state index in [2.05, 4.69) is 5.63 Å². The number of hydrogen-bond acceptors (Lipinski definition) is 6. The molecular weight excluding hydrogens is 480 g/mol. The SMILES string of the molecule is O=C1[O][Bi]([I])[O]C(=O)C(O)C1O. The summed E-state index contributed by atoms with van der Waals surface area (Å²) in [6.07, 6.45) is -3.63. The second kappa shape index (κ2) is 4.12. The van der Waals surface area contributed by atoms with Crippen molar-refractivity contribution in [1.82, 2.24) is 0 Å². The average molecular weight is 484 g/mol. The molecule has 68 valence electrons. The van der Waals surface area contributed by atoms with Crippen LogP contribution in [0.1, 0.15) is 0 Å². The van der Waals surface area contributed by atoms with Gasteiger partial charge in [-0.15, -0.1) is 0 Å². The third-order valence-corrected chi connectivity index (χ3v) is 7.08. The number of carbonyl (C=O) groups is 2. The molecule has 0 aromatic rings. The van der Waals surface area contributed by atoms with Crippen LogP contribution in [0.4, 0.5) is 0 Å². The zero-order valence-electron chi connectivity index (χ0n) is 5.51. The van der Waals surface area contributed by atoms with E-state index in [1.54, 1.807) is 18.0 Å². The predicted molar refractivity (Wildman–Crippen MR) is 44.0 cm³/mol. The third kappa shape index (κ3) is 2.24. The normalized spacial score (nSPS) is 32.2. The fourth-order valence-corrected chi connectivity index (χ4v) is 6.02. The molecule has 1 saturated heterocycles. The standard InChI is InChI=1S/C4H6O6.Bi.HI/c5-1(3(7)8)2(6)4(9)10;;/h1-2,5-6H,(H,7,8)(H,9,10);;1H/q;+3;/p-3. The molecule has 12 heavy (non-hydrogen) atoms. The summed E-state index contributed by atoms with van der Waals surface area (Å²) < 4.78 is 9.13. The van der Waals surface area contributed by atoms with E-state index < -0.39 is 42.6 Å². The van der Waals surface area contributed by atoms with Crippen LogP contribution < -0.4 is 0 Å². The molecule has 1 aliphatic heterocycles. The summed E-state index contributed by atoms with van der Waals surface area (Å²) in [4.78, 5) is 21.5. The van der Waals surface area contributed by atoms with Gasteiger partial charge in [-0.3, -0.25) is 0 Å². The van der Waals surface area contributed by atoms with Crippen molar-refractivity contribution in [3.05, 3.63) is 0 Å². The van der Waals surface area contributed by atoms with Crippen LogP contribution in [0.15, 0.2) is 0 Å². The number of halogens is 1. The van der Waals surface area contributed by atoms with Crippen LogP contribution >= 0.6 is 18.0 Å². The molecule has 0 aromatic carbocycles. The molecule has 0 spiro atoms. The van der Waals surface area contributed by atoms with Crippen molar-refractivity contribution < 1.29 is 25.4 Å². The van der Waals surface area contributed by atoms with Crippen LogP contribution in [0, 0.1) is 0 Å². The Bertz CT molecular complexity index is 198. The number of aliphatic hydroxyl groups excluding tert-OH is 2. The van der Waals surface area contributed by atoms with Gasteiger partial charge in [0.2, 0.25) is 0 Å². The fourth-order valence-electron chi connectivity index (χ4n) is 0.526. The Labute approximate surface area is 85.4 Å². The quantitative estimate of drug-likeness (QED) is 0.313. The Morgan fingerprint density at radius 2 is 1.50 bits per heavy atom. The van der Waals surface area contributed by atoms with Crippen LogP contribution in [-0.2, 0) is 15.2 Å². The Morgan fingerprint density at radius 1 is 1.17 bits per heavy atom. The zero-order chi connectivity index (χ0) is 9.30. The molecule has 0 aliphatic carbocycles. The van der Waals surface area contributed by atoms with Crippen molar-refractivity contribution in [1.29, 1.82) is 0 Å². The predicted octanol–water partition coefficient (Wildman–Crippen LogP) is -1.77. The van der Waals surface area contributed by atoms with E-state index in [0.29, 0.717) is 0 Å². The van der Waals surface area contributed by atoms with Gasteiger partial charge in [0.1, 0.15) is 0 Å². The Morgan fingerprint density at radius 3 is 1.83 bits per heavy atom. The molecule has 2 N–H and O–H groups in total. The van der Waals surface area contributed by atoms with E-state index in [1.807, 2.05) is 0 Å². The van der Waals surface area contributed by atoms with Crippen molar-refractivity contribution in [2.24, 2.45) is 0 Å². The first-order valence-electron chi connectivity index (χ1n) is 2.78. The van der Waals surface area contributed by atoms with Gasteiger partial charge in [-0.25, -0.2) is 0 Å². The van der Waals surface area contributed by atoms with Crippen molar-refractivity contribution in [3.8, 4) is 0 Å². The van der Waals surface area contributed by atoms with Gasteiger partial charge in [-0.05, 0) is 0 Å². The zero-order valence-corrected chi connectivity index (χ0v) is 11.1. The molecule has 0 aromatic heterocycles. The molecule has 1 heterocycles. The molecule has 1 aliphatic rings. The van der Waals surface area contributed by atoms with Crippen molar-refractivity contribution >= 4 is 48.4 Å². The summed E-state index contributed by atoms with van der Waals surface area (Å²) in [5.41, 5.74) is 0. The monoisotopic (exact) mass is 484 g/mol. The third-order valence-electron chi connectivity index (χ3n) is 1.11. The van der Waals surface area contributed by atoms with Gasteiger partial charge >= 0.3 is 86.1 Å². The minimum atomic E-state index is -2.98. The van der Waals surface area contributed by atoms with Crippen LogP contribution in [0.25, 0.3) is 0 Å². The van der Waals surface area contributed by atoms with Crippen LogP contribution in [0.5, 0.6) is 0 Å². The van der Waals surface area contributed by atoms with Crippen LogP contribution in [-0.4, -0.2) is 52.8 Å². The molecule has 8 heteroatoms. The maximum absolute atomic E-state index is 10.8. The van der Waals surface area contributed by atoms with E-state index in [4.69, 9.17) is 10.2 Å². The van der Waals surface area contributed by atoms with Crippen LogP contribution in [0.2, 0.25) is 0 Å². The van der Waals surface area contributed by atoms with Gasteiger partial charge < -0.3 is 0 Å². The van der Waals surface area contributed by atoms with Gasteiger partial charge in [0.15, 0.2) is 0 Å². The summed E-state index contributed by atoms with van der Waals surface area (Å²) in [7, 11) is 0. The summed E-state index contributed by atoms with van der Waals surface area (Å²) >= 11 is -1.25. The number of hydrogen-bond donors (Lipinski definition) is 2. The van der Waals surface area contributed by atoms with E-state index in [9.17, 15) is 9.59 Å². The van der Waals surface area contributed by atoms with E-state index in [-0.39, 0.29) is 0 Å². The maximum atomic E-state index is 10.8. The summed E-state index contributed by atoms with van der Waals surface area (Å²) in [6, 6.07) is 0. The van der Waals surface area contributed by atoms with Gasteiger partial charge in [0, 0.05) is 0 Å². The molecule has 0 radical (unpaired) electrons. The molecule has 1 rings (SSSR count). The molecule has 2 unspecified atom stereocenters. The van der Waals surface area contributed by atoms with Crippen molar-refractivity contribution in [2.75, 3.05) is 0 Å². The topological polar surface area (TPSA) is 93.1 Å². The molecule has 0 saturated carbocycles. The van der Waals surface area contributed by atoms with Gasteiger partial charge in [-0.1, -0.05) is 0 Å². The Kier molecular flexibility index (Phi) is 3.62. The van der Waals surface area contributed by atoms with Crippen molar-refractivity contribution in [3.63, 3.8) is 0 Å². The number of carbonyl (C=O) groups excluding carboxylic acids is 2. The summed E-state index contributed by atoms with van der Waals surface area (Å²) in [5.74, 6) is -1.97. The summed E-state index contributed by atoms with van der Waals surface area (Å²) in [6.45, 7) is 0. The second-order valence-corrected chi connectivity index (χ2v) is 11.9. The molecular formula is C4H4BiIO6.